The molecule has 1 atom stereocenters. The lowest BCUT2D eigenvalue weighted by Crippen LogP contribution is -2.36. The summed E-state index contributed by atoms with van der Waals surface area (Å²) >= 11 is 0. The van der Waals surface area contributed by atoms with Gasteiger partial charge in [0.05, 0.1) is 0 Å². The third-order valence-corrected chi connectivity index (χ3v) is 4.21. The molecule has 0 saturated carbocycles. The maximum absolute atomic E-state index is 11.0. The van der Waals surface area contributed by atoms with Crippen LogP contribution in [0.2, 0.25) is 0 Å². The zero-order chi connectivity index (χ0) is 12.6. The van der Waals surface area contributed by atoms with E-state index in [1.54, 1.807) is 0 Å². The summed E-state index contributed by atoms with van der Waals surface area (Å²) in [4.78, 5) is 11.0. The second-order valence-corrected chi connectivity index (χ2v) is 5.66. The first-order valence-electron chi connectivity index (χ1n) is 6.23. The Morgan fingerprint density at radius 2 is 2.18 bits per heavy atom. The number of carboxylic acids is 1. The molecule has 1 aliphatic carbocycles. The van der Waals surface area contributed by atoms with Gasteiger partial charge >= 0.3 is 5.97 Å². The van der Waals surface area contributed by atoms with Crippen LogP contribution in [0.15, 0.2) is 18.2 Å². The number of hydrogen-bond acceptors (Lipinski definition) is 1. The molecular formula is C15H20O2. The summed E-state index contributed by atoms with van der Waals surface area (Å²) in [6.45, 7) is 6.50. The highest BCUT2D eigenvalue weighted by molar-refractivity contribution is 5.67. The average Bonchev–Trinajstić information content (AvgIpc) is 2.21. The standard InChI is InChI=1S/C15H20O2/c1-10-5-4-6-11-7-8-12(9-13(16)17)15(2,3)14(10)11/h4-6,12H,7-9H2,1-3H3,(H,16,17). The van der Waals surface area contributed by atoms with Gasteiger partial charge in [0.25, 0.3) is 0 Å². The Bertz CT molecular complexity index is 446. The monoisotopic (exact) mass is 232 g/mol. The molecule has 1 unspecified atom stereocenters. The summed E-state index contributed by atoms with van der Waals surface area (Å²) in [5, 5.41) is 9.02. The van der Waals surface area contributed by atoms with Crippen LogP contribution in [0.5, 0.6) is 0 Å². The number of rotatable bonds is 2. The van der Waals surface area contributed by atoms with Crippen molar-refractivity contribution in [3.63, 3.8) is 0 Å². The molecule has 17 heavy (non-hydrogen) atoms. The topological polar surface area (TPSA) is 37.3 Å². The number of aryl methyl sites for hydroxylation is 2. The van der Waals surface area contributed by atoms with Gasteiger partial charge in [-0.2, -0.15) is 0 Å². The van der Waals surface area contributed by atoms with Crippen molar-refractivity contribution in [1.82, 2.24) is 0 Å². The second-order valence-electron chi connectivity index (χ2n) is 5.66. The van der Waals surface area contributed by atoms with Crippen LogP contribution in [0, 0.1) is 12.8 Å². The Morgan fingerprint density at radius 3 is 2.82 bits per heavy atom. The molecule has 0 bridgehead atoms. The fourth-order valence-electron chi connectivity index (χ4n) is 3.32. The summed E-state index contributed by atoms with van der Waals surface area (Å²) in [5.74, 6) is -0.436. The van der Waals surface area contributed by atoms with E-state index in [9.17, 15) is 4.79 Å². The smallest absolute Gasteiger partial charge is 0.303 e. The van der Waals surface area contributed by atoms with Crippen LogP contribution in [0.25, 0.3) is 0 Å². The van der Waals surface area contributed by atoms with E-state index in [-0.39, 0.29) is 17.8 Å². The third-order valence-electron chi connectivity index (χ3n) is 4.21. The zero-order valence-electron chi connectivity index (χ0n) is 10.8. The van der Waals surface area contributed by atoms with Crippen LogP contribution in [0.1, 0.15) is 43.4 Å². The molecule has 0 fully saturated rings. The Hall–Kier alpha value is -1.31. The predicted molar refractivity (Wildman–Crippen MR) is 68.3 cm³/mol. The van der Waals surface area contributed by atoms with Crippen LogP contribution in [-0.2, 0) is 16.6 Å². The normalized spacial score (nSPS) is 21.9. The number of benzene rings is 1. The molecule has 92 valence electrons. The molecule has 0 radical (unpaired) electrons. The van der Waals surface area contributed by atoms with Crippen LogP contribution in [0.3, 0.4) is 0 Å². The first-order chi connectivity index (χ1) is 7.93. The largest absolute Gasteiger partial charge is 0.481 e. The van der Waals surface area contributed by atoms with Crippen LogP contribution in [0.4, 0.5) is 0 Å². The van der Waals surface area contributed by atoms with E-state index in [1.165, 1.54) is 16.7 Å². The molecule has 0 saturated heterocycles. The molecule has 0 spiro atoms. The average molecular weight is 232 g/mol. The number of hydrogen-bond donors (Lipinski definition) is 1. The van der Waals surface area contributed by atoms with E-state index in [4.69, 9.17) is 5.11 Å². The summed E-state index contributed by atoms with van der Waals surface area (Å²) in [5.41, 5.74) is 4.04. The van der Waals surface area contributed by atoms with Gasteiger partial charge in [-0.3, -0.25) is 4.79 Å². The lowest BCUT2D eigenvalue weighted by molar-refractivity contribution is -0.138. The minimum Gasteiger partial charge on any atom is -0.481 e. The molecule has 0 amide bonds. The second kappa shape index (κ2) is 4.17. The molecular weight excluding hydrogens is 212 g/mol. The third kappa shape index (κ3) is 2.08. The van der Waals surface area contributed by atoms with E-state index in [0.717, 1.165) is 12.8 Å². The molecule has 2 heteroatoms. The fourth-order valence-corrected chi connectivity index (χ4v) is 3.32. The van der Waals surface area contributed by atoms with E-state index >= 15 is 0 Å². The van der Waals surface area contributed by atoms with Crippen molar-refractivity contribution in [2.45, 2.75) is 45.4 Å². The molecule has 1 aromatic carbocycles. The molecule has 1 N–H and O–H groups in total. The van der Waals surface area contributed by atoms with Crippen molar-refractivity contribution in [2.75, 3.05) is 0 Å². The highest BCUT2D eigenvalue weighted by Gasteiger charge is 2.38. The lowest BCUT2D eigenvalue weighted by Gasteiger charge is -2.41. The van der Waals surface area contributed by atoms with Crippen molar-refractivity contribution >= 4 is 5.97 Å². The van der Waals surface area contributed by atoms with Gasteiger partial charge < -0.3 is 5.11 Å². The van der Waals surface area contributed by atoms with Gasteiger partial charge in [-0.25, -0.2) is 0 Å². The summed E-state index contributed by atoms with van der Waals surface area (Å²) in [7, 11) is 0. The highest BCUT2D eigenvalue weighted by Crippen LogP contribution is 2.44. The van der Waals surface area contributed by atoms with E-state index in [0.29, 0.717) is 0 Å². The molecule has 2 nitrogen and oxygen atoms in total. The summed E-state index contributed by atoms with van der Waals surface area (Å²) in [6, 6.07) is 6.41. The first kappa shape index (κ1) is 12.2. The minimum atomic E-state index is -0.680. The number of fused-ring (bicyclic) bond motifs is 1. The van der Waals surface area contributed by atoms with E-state index in [2.05, 4.69) is 39.0 Å². The Morgan fingerprint density at radius 1 is 1.47 bits per heavy atom. The molecule has 2 rings (SSSR count). The summed E-state index contributed by atoms with van der Waals surface area (Å²) in [6.07, 6.45) is 2.27. The van der Waals surface area contributed by atoms with Crippen LogP contribution >= 0.6 is 0 Å². The number of carboxylic acid groups (broad SMARTS) is 1. The van der Waals surface area contributed by atoms with Gasteiger partial charge in [0.15, 0.2) is 0 Å². The SMILES string of the molecule is Cc1cccc2c1C(C)(C)C(CC(=O)O)CC2. The van der Waals surface area contributed by atoms with Crippen molar-refractivity contribution in [2.24, 2.45) is 5.92 Å². The highest BCUT2D eigenvalue weighted by atomic mass is 16.4. The molecule has 1 aliphatic rings. The minimum absolute atomic E-state index is 0.0304. The molecule has 0 aliphatic heterocycles. The quantitative estimate of drug-likeness (QED) is 0.849. The molecule has 0 heterocycles. The van der Waals surface area contributed by atoms with Crippen LogP contribution < -0.4 is 0 Å². The van der Waals surface area contributed by atoms with Crippen molar-refractivity contribution in [3.05, 3.63) is 34.9 Å². The lowest BCUT2D eigenvalue weighted by atomic mass is 9.63. The van der Waals surface area contributed by atoms with Gasteiger partial charge in [0.1, 0.15) is 0 Å². The van der Waals surface area contributed by atoms with Gasteiger partial charge in [0, 0.05) is 6.42 Å². The van der Waals surface area contributed by atoms with E-state index in [1.807, 2.05) is 0 Å². The maximum atomic E-state index is 11.0. The first-order valence-corrected chi connectivity index (χ1v) is 6.23. The summed E-state index contributed by atoms with van der Waals surface area (Å²) < 4.78 is 0. The van der Waals surface area contributed by atoms with Gasteiger partial charge in [-0.15, -0.1) is 0 Å². The van der Waals surface area contributed by atoms with Gasteiger partial charge in [-0.05, 0) is 47.8 Å². The van der Waals surface area contributed by atoms with Crippen molar-refractivity contribution < 1.29 is 9.90 Å². The van der Waals surface area contributed by atoms with Crippen molar-refractivity contribution in [3.8, 4) is 0 Å². The molecule has 0 aromatic heterocycles. The fraction of sp³-hybridized carbons (Fsp3) is 0.533. The van der Waals surface area contributed by atoms with Crippen molar-refractivity contribution in [1.29, 1.82) is 0 Å². The Kier molecular flexibility index (Phi) is 2.98. The van der Waals surface area contributed by atoms with Gasteiger partial charge in [0.2, 0.25) is 0 Å². The van der Waals surface area contributed by atoms with Gasteiger partial charge in [-0.1, -0.05) is 32.0 Å². The zero-order valence-corrected chi connectivity index (χ0v) is 10.8. The van der Waals surface area contributed by atoms with Crippen LogP contribution in [-0.4, -0.2) is 11.1 Å². The Labute approximate surface area is 103 Å². The number of carbonyl (C=O) groups is 1. The van der Waals surface area contributed by atoms with E-state index < -0.39 is 5.97 Å². The predicted octanol–water partition coefficient (Wildman–Crippen LogP) is 3.31. The Balaban J connectivity index is 2.43. The molecule has 1 aromatic rings. The number of aliphatic carboxylic acids is 1. The maximum Gasteiger partial charge on any atom is 0.303 e.